The number of anilines is 1. The molecule has 0 spiro atoms. The van der Waals surface area contributed by atoms with Crippen LogP contribution in [-0.4, -0.2) is 36.6 Å². The molecule has 1 amide bonds. The normalized spacial score (nSPS) is 11.1. The van der Waals surface area contributed by atoms with Crippen LogP contribution in [0.3, 0.4) is 0 Å². The monoisotopic (exact) mass is 452 g/mol. The molecule has 0 aliphatic carbocycles. The Morgan fingerprint density at radius 2 is 1.81 bits per heavy atom. The van der Waals surface area contributed by atoms with E-state index in [0.29, 0.717) is 27.8 Å². The number of rotatable bonds is 6. The van der Waals surface area contributed by atoms with Gasteiger partial charge in [-0.05, 0) is 49.6 Å². The summed E-state index contributed by atoms with van der Waals surface area (Å²) in [4.78, 5) is 21.2. The summed E-state index contributed by atoms with van der Waals surface area (Å²) in [5, 5.41) is 12.8. The number of carbonyl (C=O) groups excluding carboxylic acids is 1. The molecule has 4 rings (SSSR count). The van der Waals surface area contributed by atoms with Gasteiger partial charge in [0.15, 0.2) is 11.2 Å². The maximum absolute atomic E-state index is 12.6. The van der Waals surface area contributed by atoms with Gasteiger partial charge in [-0.1, -0.05) is 58.4 Å². The van der Waals surface area contributed by atoms with Gasteiger partial charge in [0.1, 0.15) is 11.4 Å². The Balaban J connectivity index is 1.47. The average molecular weight is 453 g/mol. The maximum atomic E-state index is 12.6. The van der Waals surface area contributed by atoms with Crippen molar-refractivity contribution in [3.05, 3.63) is 70.0 Å². The van der Waals surface area contributed by atoms with Crippen molar-refractivity contribution in [1.82, 2.24) is 25.0 Å². The first-order chi connectivity index (χ1) is 14.9. The Kier molecular flexibility index (Phi) is 6.20. The zero-order chi connectivity index (χ0) is 22.0. The Labute approximate surface area is 189 Å². The van der Waals surface area contributed by atoms with Gasteiger partial charge in [0.2, 0.25) is 5.91 Å². The van der Waals surface area contributed by atoms with Crippen molar-refractivity contribution in [2.24, 2.45) is 0 Å². The van der Waals surface area contributed by atoms with Gasteiger partial charge < -0.3 is 5.32 Å². The lowest BCUT2D eigenvalue weighted by atomic mass is 10.1. The van der Waals surface area contributed by atoms with E-state index in [0.717, 1.165) is 22.4 Å². The van der Waals surface area contributed by atoms with E-state index < -0.39 is 0 Å². The molecule has 9 heteroatoms. The molecular weight excluding hydrogens is 432 g/mol. The van der Waals surface area contributed by atoms with Crippen LogP contribution in [0.4, 0.5) is 5.69 Å². The molecule has 1 N–H and O–H groups in total. The molecule has 0 fully saturated rings. The fourth-order valence-corrected chi connectivity index (χ4v) is 4.29. The zero-order valence-electron chi connectivity index (χ0n) is 17.4. The Morgan fingerprint density at radius 3 is 2.52 bits per heavy atom. The van der Waals surface area contributed by atoms with Crippen molar-refractivity contribution in [2.75, 3.05) is 11.1 Å². The van der Waals surface area contributed by atoms with Gasteiger partial charge in [0.25, 0.3) is 0 Å². The van der Waals surface area contributed by atoms with E-state index in [-0.39, 0.29) is 11.7 Å². The van der Waals surface area contributed by atoms with E-state index in [1.54, 1.807) is 4.68 Å². The summed E-state index contributed by atoms with van der Waals surface area (Å²) in [7, 11) is 0. The molecule has 0 aliphatic heterocycles. The van der Waals surface area contributed by atoms with Crippen LogP contribution in [0.25, 0.3) is 11.2 Å². The maximum Gasteiger partial charge on any atom is 0.234 e. The molecular formula is C22H21ClN6OS. The fraction of sp³-hybridized carbons (Fsp3) is 0.227. The van der Waals surface area contributed by atoms with E-state index in [1.165, 1.54) is 23.7 Å². The van der Waals surface area contributed by atoms with E-state index in [4.69, 9.17) is 11.6 Å². The van der Waals surface area contributed by atoms with Gasteiger partial charge in [-0.3, -0.25) is 4.79 Å². The molecule has 158 valence electrons. The third-order valence-corrected chi connectivity index (χ3v) is 6.02. The zero-order valence-corrected chi connectivity index (χ0v) is 19.0. The summed E-state index contributed by atoms with van der Waals surface area (Å²) in [5.74, 6) is 0.114. The van der Waals surface area contributed by atoms with Crippen molar-refractivity contribution < 1.29 is 4.79 Å². The summed E-state index contributed by atoms with van der Waals surface area (Å²) >= 11 is 7.27. The van der Waals surface area contributed by atoms with Gasteiger partial charge in [-0.25, -0.2) is 14.6 Å². The molecule has 0 unspecified atom stereocenters. The highest BCUT2D eigenvalue weighted by atomic mass is 35.5. The highest BCUT2D eigenvalue weighted by molar-refractivity contribution is 8.00. The number of hydrogen-bond acceptors (Lipinski definition) is 6. The fourth-order valence-electron chi connectivity index (χ4n) is 3.43. The van der Waals surface area contributed by atoms with Crippen molar-refractivity contribution in [3.8, 4) is 0 Å². The van der Waals surface area contributed by atoms with Crippen LogP contribution in [0, 0.1) is 20.8 Å². The number of amides is 1. The number of hydrogen-bond donors (Lipinski definition) is 1. The highest BCUT2D eigenvalue weighted by Gasteiger charge is 2.15. The predicted octanol–water partition coefficient (Wildman–Crippen LogP) is 4.58. The number of aryl methyl sites for hydroxylation is 3. The Bertz CT molecular complexity index is 1230. The number of thioether (sulfide) groups is 1. The van der Waals surface area contributed by atoms with Crippen LogP contribution in [0.5, 0.6) is 0 Å². The highest BCUT2D eigenvalue weighted by Crippen LogP contribution is 2.25. The molecule has 7 nitrogen and oxygen atoms in total. The second-order valence-electron chi connectivity index (χ2n) is 7.34. The van der Waals surface area contributed by atoms with E-state index in [9.17, 15) is 4.79 Å². The lowest BCUT2D eigenvalue weighted by Gasteiger charge is -2.12. The number of halogens is 1. The Morgan fingerprint density at radius 1 is 1.10 bits per heavy atom. The summed E-state index contributed by atoms with van der Waals surface area (Å²) in [5.41, 5.74) is 6.36. The van der Waals surface area contributed by atoms with Crippen LogP contribution in [-0.2, 0) is 11.3 Å². The van der Waals surface area contributed by atoms with Gasteiger partial charge in [-0.15, -0.1) is 5.10 Å². The van der Waals surface area contributed by atoms with Crippen molar-refractivity contribution in [2.45, 2.75) is 32.3 Å². The van der Waals surface area contributed by atoms with E-state index in [1.807, 2.05) is 45.0 Å². The average Bonchev–Trinajstić information content (AvgIpc) is 3.14. The first-order valence-electron chi connectivity index (χ1n) is 9.70. The van der Waals surface area contributed by atoms with Gasteiger partial charge >= 0.3 is 0 Å². The van der Waals surface area contributed by atoms with Crippen molar-refractivity contribution in [3.63, 3.8) is 0 Å². The molecule has 0 atom stereocenters. The minimum absolute atomic E-state index is 0.0969. The van der Waals surface area contributed by atoms with Crippen molar-refractivity contribution in [1.29, 1.82) is 0 Å². The molecule has 0 saturated carbocycles. The second-order valence-corrected chi connectivity index (χ2v) is 8.74. The first-order valence-corrected chi connectivity index (χ1v) is 11.1. The summed E-state index contributed by atoms with van der Waals surface area (Å²) in [6, 6.07) is 11.7. The van der Waals surface area contributed by atoms with Crippen LogP contribution in [0.1, 0.15) is 22.3 Å². The lowest BCUT2D eigenvalue weighted by molar-refractivity contribution is -0.113. The van der Waals surface area contributed by atoms with Crippen LogP contribution >= 0.6 is 23.4 Å². The van der Waals surface area contributed by atoms with Crippen LogP contribution < -0.4 is 5.32 Å². The first kappa shape index (κ1) is 21.3. The third-order valence-electron chi connectivity index (χ3n) is 4.79. The molecule has 0 bridgehead atoms. The third kappa shape index (κ3) is 4.86. The molecule has 2 aromatic heterocycles. The van der Waals surface area contributed by atoms with E-state index >= 15 is 0 Å². The lowest BCUT2D eigenvalue weighted by Crippen LogP contribution is -2.16. The largest absolute Gasteiger partial charge is 0.325 e. The van der Waals surface area contributed by atoms with Crippen LogP contribution in [0.15, 0.2) is 47.8 Å². The standard InChI is InChI=1S/C22H21ClN6OS/c1-13-8-14(2)19(15(3)9-13)26-18(30)11-31-22-20-21(24-12-25-22)29(28-27-20)10-16-4-6-17(23)7-5-16/h4-9,12H,10-11H2,1-3H3,(H,26,30). The number of aromatic nitrogens is 5. The smallest absolute Gasteiger partial charge is 0.234 e. The summed E-state index contributed by atoms with van der Waals surface area (Å²) in [6.07, 6.45) is 1.47. The number of carbonyl (C=O) groups is 1. The molecule has 0 aliphatic rings. The number of nitrogens with one attached hydrogen (secondary N) is 1. The number of nitrogens with zero attached hydrogens (tertiary/aromatic N) is 5. The predicted molar refractivity (Wildman–Crippen MR) is 124 cm³/mol. The number of benzene rings is 2. The van der Waals surface area contributed by atoms with Gasteiger partial charge in [0.05, 0.1) is 12.3 Å². The van der Waals surface area contributed by atoms with Gasteiger partial charge in [-0.2, -0.15) is 0 Å². The molecule has 0 radical (unpaired) electrons. The molecule has 2 heterocycles. The molecule has 4 aromatic rings. The molecule has 0 saturated heterocycles. The molecule has 31 heavy (non-hydrogen) atoms. The second kappa shape index (κ2) is 9.03. The molecule has 2 aromatic carbocycles. The van der Waals surface area contributed by atoms with Crippen molar-refractivity contribution >= 4 is 46.1 Å². The van der Waals surface area contributed by atoms with Crippen LogP contribution in [0.2, 0.25) is 5.02 Å². The minimum atomic E-state index is -0.0969. The summed E-state index contributed by atoms with van der Waals surface area (Å²) in [6.45, 7) is 6.55. The van der Waals surface area contributed by atoms with Gasteiger partial charge in [0, 0.05) is 10.7 Å². The SMILES string of the molecule is Cc1cc(C)c(NC(=O)CSc2ncnc3c2nnn3Cc2ccc(Cl)cc2)c(C)c1. The minimum Gasteiger partial charge on any atom is -0.325 e. The quantitative estimate of drug-likeness (QED) is 0.340. The topological polar surface area (TPSA) is 85.6 Å². The van der Waals surface area contributed by atoms with E-state index in [2.05, 4.69) is 37.7 Å². The Hall–Kier alpha value is -2.97. The number of fused-ring (bicyclic) bond motifs is 1. The summed E-state index contributed by atoms with van der Waals surface area (Å²) < 4.78 is 1.71.